The van der Waals surface area contributed by atoms with Crippen molar-refractivity contribution >= 4 is 41.5 Å². The fourth-order valence-corrected chi connectivity index (χ4v) is 3.16. The Kier molecular flexibility index (Phi) is 12.9. The van der Waals surface area contributed by atoms with Crippen molar-refractivity contribution in [3.63, 3.8) is 0 Å². The molecule has 0 radical (unpaired) electrons. The number of hydrogen-bond donors (Lipinski definition) is 3. The van der Waals surface area contributed by atoms with Gasteiger partial charge < -0.3 is 20.7 Å². The van der Waals surface area contributed by atoms with E-state index in [1.807, 2.05) is 38.1 Å². The molecule has 1 aliphatic carbocycles. The normalized spacial score (nSPS) is 15.0. The van der Waals surface area contributed by atoms with Crippen molar-refractivity contribution in [1.82, 2.24) is 10.6 Å². The highest BCUT2D eigenvalue weighted by molar-refractivity contribution is 14.0. The molecule has 0 aromatic heterocycles. The molecular formula is C22H37IN4O2. The van der Waals surface area contributed by atoms with Crippen molar-refractivity contribution < 1.29 is 9.53 Å². The van der Waals surface area contributed by atoms with Crippen LogP contribution < -0.4 is 16.0 Å². The fraction of sp³-hybridized carbons (Fsp3) is 0.636. The molecule has 1 aliphatic rings. The maximum absolute atomic E-state index is 11.7. The molecule has 6 nitrogen and oxygen atoms in total. The molecule has 29 heavy (non-hydrogen) atoms. The first kappa shape index (κ1) is 25.7. The lowest BCUT2D eigenvalue weighted by molar-refractivity contribution is -0.118. The molecule has 3 N–H and O–H groups in total. The van der Waals surface area contributed by atoms with E-state index in [0.29, 0.717) is 12.6 Å². The molecule has 0 spiro atoms. The van der Waals surface area contributed by atoms with E-state index in [9.17, 15) is 4.79 Å². The van der Waals surface area contributed by atoms with Crippen LogP contribution in [-0.2, 0) is 16.1 Å². The van der Waals surface area contributed by atoms with Gasteiger partial charge in [0, 0.05) is 38.3 Å². The summed E-state index contributed by atoms with van der Waals surface area (Å²) in [5.41, 5.74) is 1.95. The van der Waals surface area contributed by atoms with E-state index in [1.54, 1.807) is 7.05 Å². The topological polar surface area (TPSA) is 74.8 Å². The number of hydrogen-bond acceptors (Lipinski definition) is 3. The molecular weight excluding hydrogens is 479 g/mol. The SMILES string of the molecule is CN=C(NCCCOC1CCCCC1)NCc1ccc(NC(=O)C(C)C)cc1.I. The maximum Gasteiger partial charge on any atom is 0.226 e. The summed E-state index contributed by atoms with van der Waals surface area (Å²) in [7, 11) is 1.78. The first-order valence-corrected chi connectivity index (χ1v) is 10.5. The van der Waals surface area contributed by atoms with E-state index in [0.717, 1.165) is 36.8 Å². The molecule has 2 rings (SSSR count). The quantitative estimate of drug-likeness (QED) is 0.198. The average Bonchev–Trinajstić information content (AvgIpc) is 2.71. The molecule has 7 heteroatoms. The zero-order chi connectivity index (χ0) is 20.2. The zero-order valence-electron chi connectivity index (χ0n) is 18.0. The van der Waals surface area contributed by atoms with Gasteiger partial charge in [-0.05, 0) is 37.0 Å². The van der Waals surface area contributed by atoms with Crippen molar-refractivity contribution in [3.8, 4) is 0 Å². The van der Waals surface area contributed by atoms with Crippen LogP contribution in [0.4, 0.5) is 5.69 Å². The average molecular weight is 516 g/mol. The van der Waals surface area contributed by atoms with Crippen molar-refractivity contribution in [1.29, 1.82) is 0 Å². The van der Waals surface area contributed by atoms with Gasteiger partial charge in [0.15, 0.2) is 5.96 Å². The number of ether oxygens (including phenoxy) is 1. The monoisotopic (exact) mass is 516 g/mol. The van der Waals surface area contributed by atoms with Crippen LogP contribution in [0.25, 0.3) is 0 Å². The van der Waals surface area contributed by atoms with E-state index >= 15 is 0 Å². The standard InChI is InChI=1S/C22H36N4O2.HI/c1-17(2)21(27)26-19-12-10-18(11-13-19)16-25-22(23-3)24-14-7-15-28-20-8-5-4-6-9-20;/h10-13,17,20H,4-9,14-16H2,1-3H3,(H,26,27)(H2,23,24,25);1H. The van der Waals surface area contributed by atoms with Crippen LogP contribution >= 0.6 is 24.0 Å². The predicted octanol–water partition coefficient (Wildman–Crippen LogP) is 4.30. The van der Waals surface area contributed by atoms with Crippen molar-refractivity contribution in [2.24, 2.45) is 10.9 Å². The second-order valence-corrected chi connectivity index (χ2v) is 7.68. The number of anilines is 1. The van der Waals surface area contributed by atoms with Crippen molar-refractivity contribution in [2.45, 2.75) is 65.0 Å². The van der Waals surface area contributed by atoms with Gasteiger partial charge in [0.1, 0.15) is 0 Å². The first-order valence-electron chi connectivity index (χ1n) is 10.5. The largest absolute Gasteiger partial charge is 0.378 e. The molecule has 0 saturated heterocycles. The Labute approximate surface area is 192 Å². The summed E-state index contributed by atoms with van der Waals surface area (Å²) >= 11 is 0. The van der Waals surface area contributed by atoms with E-state index in [2.05, 4.69) is 20.9 Å². The lowest BCUT2D eigenvalue weighted by Gasteiger charge is -2.22. The summed E-state index contributed by atoms with van der Waals surface area (Å²) in [6.07, 6.45) is 7.86. The molecule has 0 atom stereocenters. The molecule has 0 bridgehead atoms. The predicted molar refractivity (Wildman–Crippen MR) is 131 cm³/mol. The molecule has 0 heterocycles. The van der Waals surface area contributed by atoms with Gasteiger partial charge in [-0.25, -0.2) is 0 Å². The Morgan fingerprint density at radius 2 is 1.83 bits per heavy atom. The molecule has 1 amide bonds. The van der Waals surface area contributed by atoms with Crippen LogP contribution in [0.5, 0.6) is 0 Å². The van der Waals surface area contributed by atoms with Gasteiger partial charge in [-0.2, -0.15) is 0 Å². The molecule has 1 aromatic rings. The third kappa shape index (κ3) is 10.3. The number of nitrogens with zero attached hydrogens (tertiary/aromatic N) is 1. The molecule has 1 aromatic carbocycles. The lowest BCUT2D eigenvalue weighted by Crippen LogP contribution is -2.37. The molecule has 0 aliphatic heterocycles. The van der Waals surface area contributed by atoms with Gasteiger partial charge in [0.2, 0.25) is 5.91 Å². The second kappa shape index (κ2) is 14.6. The van der Waals surface area contributed by atoms with Crippen LogP contribution in [0.15, 0.2) is 29.3 Å². The van der Waals surface area contributed by atoms with Gasteiger partial charge in [-0.3, -0.25) is 9.79 Å². The summed E-state index contributed by atoms with van der Waals surface area (Å²) in [4.78, 5) is 16.0. The number of guanidine groups is 1. The van der Waals surface area contributed by atoms with E-state index in [1.165, 1.54) is 32.1 Å². The number of rotatable bonds is 9. The molecule has 1 fully saturated rings. The summed E-state index contributed by atoms with van der Waals surface area (Å²) in [5, 5.41) is 9.55. The Morgan fingerprint density at radius 3 is 2.45 bits per heavy atom. The number of nitrogens with one attached hydrogen (secondary N) is 3. The highest BCUT2D eigenvalue weighted by Crippen LogP contribution is 2.20. The van der Waals surface area contributed by atoms with Crippen LogP contribution in [0, 0.1) is 5.92 Å². The Bertz CT molecular complexity index is 614. The lowest BCUT2D eigenvalue weighted by atomic mass is 9.98. The number of halogens is 1. The van der Waals surface area contributed by atoms with Crippen LogP contribution in [0.1, 0.15) is 57.9 Å². The van der Waals surface area contributed by atoms with Gasteiger partial charge in [0.25, 0.3) is 0 Å². The van der Waals surface area contributed by atoms with Crippen molar-refractivity contribution in [3.05, 3.63) is 29.8 Å². The second-order valence-electron chi connectivity index (χ2n) is 7.68. The third-order valence-electron chi connectivity index (χ3n) is 4.95. The number of aliphatic imine (C=N–C) groups is 1. The highest BCUT2D eigenvalue weighted by atomic mass is 127. The Morgan fingerprint density at radius 1 is 1.14 bits per heavy atom. The number of carbonyl (C=O) groups excluding carboxylic acids is 1. The van der Waals surface area contributed by atoms with Gasteiger partial charge in [0.05, 0.1) is 6.10 Å². The minimum atomic E-state index is -0.0243. The minimum absolute atomic E-state index is 0. The fourth-order valence-electron chi connectivity index (χ4n) is 3.16. The van der Waals surface area contributed by atoms with Gasteiger partial charge in [-0.15, -0.1) is 24.0 Å². The maximum atomic E-state index is 11.7. The molecule has 1 saturated carbocycles. The summed E-state index contributed by atoms with van der Waals surface area (Å²) in [6.45, 7) is 6.09. The highest BCUT2D eigenvalue weighted by Gasteiger charge is 2.13. The summed E-state index contributed by atoms with van der Waals surface area (Å²) in [5.74, 6) is 0.793. The zero-order valence-corrected chi connectivity index (χ0v) is 20.3. The first-order chi connectivity index (χ1) is 13.6. The number of amides is 1. The molecule has 0 unspecified atom stereocenters. The number of benzene rings is 1. The van der Waals surface area contributed by atoms with Gasteiger partial charge >= 0.3 is 0 Å². The van der Waals surface area contributed by atoms with E-state index in [4.69, 9.17) is 4.74 Å². The Hall–Kier alpha value is -1.35. The molecule has 164 valence electrons. The third-order valence-corrected chi connectivity index (χ3v) is 4.95. The summed E-state index contributed by atoms with van der Waals surface area (Å²) in [6, 6.07) is 7.87. The van der Waals surface area contributed by atoms with E-state index < -0.39 is 0 Å². The van der Waals surface area contributed by atoms with Crippen molar-refractivity contribution in [2.75, 3.05) is 25.5 Å². The van der Waals surface area contributed by atoms with Crippen LogP contribution in [0.3, 0.4) is 0 Å². The van der Waals surface area contributed by atoms with Crippen LogP contribution in [0.2, 0.25) is 0 Å². The summed E-state index contributed by atoms with van der Waals surface area (Å²) < 4.78 is 5.95. The van der Waals surface area contributed by atoms with E-state index in [-0.39, 0.29) is 35.8 Å². The smallest absolute Gasteiger partial charge is 0.226 e. The minimum Gasteiger partial charge on any atom is -0.378 e. The van der Waals surface area contributed by atoms with Gasteiger partial charge in [-0.1, -0.05) is 45.2 Å². The van der Waals surface area contributed by atoms with Crippen LogP contribution in [-0.4, -0.2) is 38.2 Å². The number of carbonyl (C=O) groups is 1. The Balaban J connectivity index is 0.00000420.